The Kier molecular flexibility index (Phi) is 4.49. The lowest BCUT2D eigenvalue weighted by atomic mass is 10.1. The predicted molar refractivity (Wildman–Crippen MR) is 108 cm³/mol. The highest BCUT2D eigenvalue weighted by atomic mass is 32.1. The SMILES string of the molecule is CC(=O)N1CCc2cc(-c3csc(NC(=O)c4ccc(C)cc4)n3)ccc21. The normalized spacial score (nSPS) is 12.7. The van der Waals surface area contributed by atoms with Crippen LogP contribution in [0.3, 0.4) is 0 Å². The summed E-state index contributed by atoms with van der Waals surface area (Å²) in [6.07, 6.45) is 0.851. The Hall–Kier alpha value is -2.99. The van der Waals surface area contributed by atoms with Crippen molar-refractivity contribution in [2.24, 2.45) is 0 Å². The number of carbonyl (C=O) groups excluding carboxylic acids is 2. The Morgan fingerprint density at radius 2 is 1.93 bits per heavy atom. The number of rotatable bonds is 3. The first-order valence-corrected chi connectivity index (χ1v) is 9.64. The number of anilines is 2. The van der Waals surface area contributed by atoms with E-state index in [-0.39, 0.29) is 11.8 Å². The fourth-order valence-corrected chi connectivity index (χ4v) is 3.94. The van der Waals surface area contributed by atoms with Gasteiger partial charge in [-0.1, -0.05) is 23.8 Å². The van der Waals surface area contributed by atoms with Crippen LogP contribution in [0.4, 0.5) is 10.8 Å². The van der Waals surface area contributed by atoms with E-state index >= 15 is 0 Å². The summed E-state index contributed by atoms with van der Waals surface area (Å²) in [7, 11) is 0. The van der Waals surface area contributed by atoms with Crippen LogP contribution < -0.4 is 10.2 Å². The highest BCUT2D eigenvalue weighted by Crippen LogP contribution is 2.33. The summed E-state index contributed by atoms with van der Waals surface area (Å²) in [5.74, 6) is -0.0989. The molecule has 1 aromatic heterocycles. The third-order valence-electron chi connectivity index (χ3n) is 4.69. The van der Waals surface area contributed by atoms with E-state index in [9.17, 15) is 9.59 Å². The van der Waals surface area contributed by atoms with Crippen molar-refractivity contribution in [1.82, 2.24) is 4.98 Å². The van der Waals surface area contributed by atoms with Gasteiger partial charge >= 0.3 is 0 Å². The summed E-state index contributed by atoms with van der Waals surface area (Å²) in [5.41, 5.74) is 5.67. The van der Waals surface area contributed by atoms with Crippen LogP contribution in [0.2, 0.25) is 0 Å². The van der Waals surface area contributed by atoms with Crippen molar-refractivity contribution >= 4 is 34.0 Å². The number of amides is 2. The Balaban J connectivity index is 1.52. The molecule has 27 heavy (non-hydrogen) atoms. The quantitative estimate of drug-likeness (QED) is 0.741. The summed E-state index contributed by atoms with van der Waals surface area (Å²) in [5, 5.41) is 5.36. The summed E-state index contributed by atoms with van der Waals surface area (Å²) in [6, 6.07) is 13.5. The smallest absolute Gasteiger partial charge is 0.257 e. The van der Waals surface area contributed by atoms with E-state index in [1.165, 1.54) is 11.3 Å². The minimum Gasteiger partial charge on any atom is -0.312 e. The van der Waals surface area contributed by atoms with Crippen LogP contribution in [0.1, 0.15) is 28.4 Å². The van der Waals surface area contributed by atoms with E-state index < -0.39 is 0 Å². The van der Waals surface area contributed by atoms with Crippen LogP contribution in [0.25, 0.3) is 11.3 Å². The molecule has 5 nitrogen and oxygen atoms in total. The van der Waals surface area contributed by atoms with Gasteiger partial charge in [0.2, 0.25) is 5.91 Å². The zero-order valence-corrected chi connectivity index (χ0v) is 16.0. The highest BCUT2D eigenvalue weighted by Gasteiger charge is 2.22. The number of fused-ring (bicyclic) bond motifs is 1. The summed E-state index contributed by atoms with van der Waals surface area (Å²) < 4.78 is 0. The van der Waals surface area contributed by atoms with Crippen LogP contribution in [-0.4, -0.2) is 23.3 Å². The number of thiazole rings is 1. The second kappa shape index (κ2) is 6.96. The lowest BCUT2D eigenvalue weighted by Gasteiger charge is -2.14. The maximum absolute atomic E-state index is 12.3. The first kappa shape index (κ1) is 17.4. The number of aromatic nitrogens is 1. The van der Waals surface area contributed by atoms with Crippen LogP contribution >= 0.6 is 11.3 Å². The Morgan fingerprint density at radius 3 is 2.67 bits per heavy atom. The van der Waals surface area contributed by atoms with Gasteiger partial charge in [0.15, 0.2) is 5.13 Å². The van der Waals surface area contributed by atoms with Crippen LogP contribution in [0, 0.1) is 6.92 Å². The number of benzene rings is 2. The minimum atomic E-state index is -0.165. The van der Waals surface area contributed by atoms with Gasteiger partial charge in [-0.3, -0.25) is 14.9 Å². The third kappa shape index (κ3) is 3.48. The summed E-state index contributed by atoms with van der Waals surface area (Å²) >= 11 is 1.40. The van der Waals surface area contributed by atoms with Gasteiger partial charge in [-0.05, 0) is 43.2 Å². The Morgan fingerprint density at radius 1 is 1.15 bits per heavy atom. The summed E-state index contributed by atoms with van der Waals surface area (Å²) in [4.78, 5) is 30.4. The van der Waals surface area contributed by atoms with E-state index in [0.717, 1.165) is 41.0 Å². The van der Waals surface area contributed by atoms with Crippen molar-refractivity contribution in [2.75, 3.05) is 16.8 Å². The van der Waals surface area contributed by atoms with E-state index in [0.29, 0.717) is 10.7 Å². The molecule has 2 aromatic carbocycles. The van der Waals surface area contributed by atoms with Gasteiger partial charge in [-0.15, -0.1) is 11.3 Å². The highest BCUT2D eigenvalue weighted by molar-refractivity contribution is 7.14. The maximum Gasteiger partial charge on any atom is 0.257 e. The lowest BCUT2D eigenvalue weighted by molar-refractivity contribution is -0.116. The second-order valence-corrected chi connectivity index (χ2v) is 7.48. The van der Waals surface area contributed by atoms with Crippen molar-refractivity contribution in [1.29, 1.82) is 0 Å². The second-order valence-electron chi connectivity index (χ2n) is 6.62. The first-order chi connectivity index (χ1) is 13.0. The molecule has 0 unspecified atom stereocenters. The molecule has 1 N–H and O–H groups in total. The standard InChI is InChI=1S/C21H19N3O2S/c1-13-3-5-15(6-4-13)20(26)23-21-22-18(12-27-21)16-7-8-19-17(11-16)9-10-24(19)14(2)25/h3-8,11-12H,9-10H2,1-2H3,(H,22,23,26). The van der Waals surface area contributed by atoms with Crippen LogP contribution in [0.5, 0.6) is 0 Å². The van der Waals surface area contributed by atoms with Gasteiger partial charge in [0.05, 0.1) is 5.69 Å². The number of hydrogen-bond donors (Lipinski definition) is 1. The molecule has 1 aliphatic rings. The number of nitrogens with one attached hydrogen (secondary N) is 1. The number of aryl methyl sites for hydroxylation is 1. The van der Waals surface area contributed by atoms with E-state index in [1.807, 2.05) is 36.6 Å². The molecule has 0 radical (unpaired) electrons. The molecule has 2 heterocycles. The molecule has 0 aliphatic carbocycles. The summed E-state index contributed by atoms with van der Waals surface area (Å²) in [6.45, 7) is 4.30. The van der Waals surface area contributed by atoms with Gasteiger partial charge in [0.1, 0.15) is 0 Å². The third-order valence-corrected chi connectivity index (χ3v) is 5.45. The van der Waals surface area contributed by atoms with Crippen molar-refractivity contribution in [3.8, 4) is 11.3 Å². The number of carbonyl (C=O) groups is 2. The molecular weight excluding hydrogens is 358 g/mol. The molecule has 1 aliphatic heterocycles. The molecule has 136 valence electrons. The van der Waals surface area contributed by atoms with Crippen molar-refractivity contribution in [2.45, 2.75) is 20.3 Å². The lowest BCUT2D eigenvalue weighted by Crippen LogP contribution is -2.25. The van der Waals surface area contributed by atoms with Gasteiger partial charge in [0.25, 0.3) is 5.91 Å². The molecule has 0 fully saturated rings. The Labute approximate surface area is 161 Å². The van der Waals surface area contributed by atoms with E-state index in [2.05, 4.69) is 16.4 Å². The molecular formula is C21H19N3O2S. The van der Waals surface area contributed by atoms with Gasteiger partial charge in [0, 0.05) is 35.7 Å². The molecule has 0 saturated heterocycles. The Bertz CT molecular complexity index is 1020. The first-order valence-electron chi connectivity index (χ1n) is 8.76. The zero-order valence-electron chi connectivity index (χ0n) is 15.2. The number of nitrogens with zero attached hydrogens (tertiary/aromatic N) is 2. The van der Waals surface area contributed by atoms with Gasteiger partial charge in [-0.2, -0.15) is 0 Å². The molecule has 0 bridgehead atoms. The number of hydrogen-bond acceptors (Lipinski definition) is 4. The molecule has 3 aromatic rings. The largest absolute Gasteiger partial charge is 0.312 e. The fourth-order valence-electron chi connectivity index (χ4n) is 3.23. The molecule has 0 saturated carbocycles. The van der Waals surface area contributed by atoms with Gasteiger partial charge in [-0.25, -0.2) is 4.98 Å². The predicted octanol–water partition coefficient (Wildman–Crippen LogP) is 4.28. The monoisotopic (exact) mass is 377 g/mol. The molecule has 6 heteroatoms. The van der Waals surface area contributed by atoms with Crippen LogP contribution in [-0.2, 0) is 11.2 Å². The molecule has 4 rings (SSSR count). The van der Waals surface area contributed by atoms with Crippen molar-refractivity contribution in [3.63, 3.8) is 0 Å². The fraction of sp³-hybridized carbons (Fsp3) is 0.190. The maximum atomic E-state index is 12.3. The van der Waals surface area contributed by atoms with E-state index in [1.54, 1.807) is 24.0 Å². The van der Waals surface area contributed by atoms with Crippen LogP contribution in [0.15, 0.2) is 47.8 Å². The average Bonchev–Trinajstić information content (AvgIpc) is 3.28. The molecule has 0 atom stereocenters. The minimum absolute atomic E-state index is 0.0660. The molecule has 2 amide bonds. The van der Waals surface area contributed by atoms with E-state index in [4.69, 9.17) is 0 Å². The average molecular weight is 377 g/mol. The zero-order chi connectivity index (χ0) is 19.0. The molecule has 0 spiro atoms. The van der Waals surface area contributed by atoms with Gasteiger partial charge < -0.3 is 4.90 Å². The van der Waals surface area contributed by atoms with Crippen molar-refractivity contribution < 1.29 is 9.59 Å². The van der Waals surface area contributed by atoms with Crippen molar-refractivity contribution in [3.05, 3.63) is 64.5 Å². The topological polar surface area (TPSA) is 62.3 Å².